The van der Waals surface area contributed by atoms with Gasteiger partial charge in [0, 0.05) is 19.5 Å². The van der Waals surface area contributed by atoms with Crippen molar-refractivity contribution in [2.45, 2.75) is 39.3 Å². The summed E-state index contributed by atoms with van der Waals surface area (Å²) in [5.41, 5.74) is 3.06. The van der Waals surface area contributed by atoms with Crippen LogP contribution >= 0.6 is 0 Å². The third-order valence-corrected chi connectivity index (χ3v) is 5.99. The van der Waals surface area contributed by atoms with Crippen LogP contribution in [0.3, 0.4) is 0 Å². The van der Waals surface area contributed by atoms with E-state index < -0.39 is 0 Å². The lowest BCUT2D eigenvalue weighted by molar-refractivity contribution is -0.134. The van der Waals surface area contributed by atoms with E-state index in [1.165, 1.54) is 18.4 Å². The van der Waals surface area contributed by atoms with Crippen LogP contribution in [-0.2, 0) is 17.8 Å². The average Bonchev–Trinajstić information content (AvgIpc) is 3.34. The fourth-order valence-electron chi connectivity index (χ4n) is 4.30. The summed E-state index contributed by atoms with van der Waals surface area (Å²) >= 11 is 0. The van der Waals surface area contributed by atoms with Crippen molar-refractivity contribution in [3.8, 4) is 5.75 Å². The Kier molecular flexibility index (Phi) is 7.83. The number of hydrogen-bond donors (Lipinski definition) is 1. The maximum Gasteiger partial charge on any atom is 0.273 e. The summed E-state index contributed by atoms with van der Waals surface area (Å²) in [6.07, 6.45) is 4.03. The Hall–Kier alpha value is -3.94. The molecule has 1 atom stereocenters. The smallest absolute Gasteiger partial charge is 0.273 e. The second-order valence-electron chi connectivity index (χ2n) is 9.16. The van der Waals surface area contributed by atoms with Gasteiger partial charge in [0.1, 0.15) is 17.8 Å². The van der Waals surface area contributed by atoms with E-state index >= 15 is 0 Å². The molecule has 4 rings (SSSR count). The van der Waals surface area contributed by atoms with Gasteiger partial charge >= 0.3 is 0 Å². The van der Waals surface area contributed by atoms with E-state index in [2.05, 4.69) is 16.9 Å². The van der Waals surface area contributed by atoms with Crippen molar-refractivity contribution in [3.05, 3.63) is 95.5 Å². The van der Waals surface area contributed by atoms with Crippen molar-refractivity contribution in [1.82, 2.24) is 15.2 Å². The van der Waals surface area contributed by atoms with Gasteiger partial charge in [0.25, 0.3) is 5.91 Å². The Balaban J connectivity index is 1.57. The number of rotatable bonds is 9. The first-order valence-corrected chi connectivity index (χ1v) is 12.0. The lowest BCUT2D eigenvalue weighted by Crippen LogP contribution is -2.41. The molecule has 3 aromatic rings. The number of ether oxygens (including phenoxy) is 1. The predicted octanol–water partition coefficient (Wildman–Crippen LogP) is 4.83. The van der Waals surface area contributed by atoms with E-state index in [1.807, 2.05) is 36.9 Å². The number of nitrogens with one attached hydrogen (secondary N) is 1. The molecule has 0 fully saturated rings. The molecule has 36 heavy (non-hydrogen) atoms. The Labute approximate surface area is 210 Å². The van der Waals surface area contributed by atoms with Gasteiger partial charge in [-0.2, -0.15) is 0 Å². The molecule has 1 N–H and O–H groups in total. The van der Waals surface area contributed by atoms with Gasteiger partial charge in [0.15, 0.2) is 12.3 Å². The van der Waals surface area contributed by atoms with Crippen molar-refractivity contribution in [2.24, 2.45) is 5.92 Å². The second-order valence-corrected chi connectivity index (χ2v) is 9.16. The molecule has 8 heteroatoms. The molecule has 0 radical (unpaired) electrons. The molecule has 0 unspecified atom stereocenters. The van der Waals surface area contributed by atoms with Gasteiger partial charge in [-0.1, -0.05) is 38.1 Å². The van der Waals surface area contributed by atoms with Crippen LogP contribution in [0.25, 0.3) is 0 Å². The number of nitrogens with zero attached hydrogens (tertiary/aromatic N) is 2. The van der Waals surface area contributed by atoms with Crippen LogP contribution in [0.1, 0.15) is 59.4 Å². The summed E-state index contributed by atoms with van der Waals surface area (Å²) < 4.78 is 25.0. The molecule has 0 aliphatic carbocycles. The minimum atomic E-state index is -0.355. The number of hydrogen-bond acceptors (Lipinski definition) is 5. The molecule has 7 nitrogen and oxygen atoms in total. The summed E-state index contributed by atoms with van der Waals surface area (Å²) in [5.74, 6) is 0.461. The third-order valence-electron chi connectivity index (χ3n) is 5.99. The molecule has 2 amide bonds. The van der Waals surface area contributed by atoms with Crippen molar-refractivity contribution < 1.29 is 23.1 Å². The number of fused-ring (bicyclic) bond motifs is 1. The second kappa shape index (κ2) is 11.2. The van der Waals surface area contributed by atoms with Crippen molar-refractivity contribution >= 4 is 11.8 Å². The number of benzene rings is 2. The fourth-order valence-corrected chi connectivity index (χ4v) is 4.30. The number of halogens is 1. The van der Waals surface area contributed by atoms with Crippen LogP contribution < -0.4 is 10.1 Å². The van der Waals surface area contributed by atoms with Gasteiger partial charge in [0.2, 0.25) is 11.8 Å². The molecule has 1 aromatic heterocycles. The number of aromatic nitrogens is 1. The van der Waals surface area contributed by atoms with Gasteiger partial charge in [-0.25, -0.2) is 9.37 Å². The molecule has 1 aliphatic heterocycles. The Morgan fingerprint density at radius 1 is 1.28 bits per heavy atom. The van der Waals surface area contributed by atoms with Crippen LogP contribution in [0.5, 0.6) is 5.75 Å². The van der Waals surface area contributed by atoms with Crippen LogP contribution in [0, 0.1) is 11.7 Å². The van der Waals surface area contributed by atoms with Crippen LogP contribution in [0.2, 0.25) is 0 Å². The zero-order chi connectivity index (χ0) is 25.7. The zero-order valence-corrected chi connectivity index (χ0v) is 20.5. The molecule has 2 aromatic carbocycles. The first-order valence-electron chi connectivity index (χ1n) is 12.0. The highest BCUT2D eigenvalue weighted by Crippen LogP contribution is 2.38. The maximum atomic E-state index is 13.7. The summed E-state index contributed by atoms with van der Waals surface area (Å²) in [6.45, 7) is 8.56. The van der Waals surface area contributed by atoms with Crippen molar-refractivity contribution in [2.75, 3.05) is 13.1 Å². The SMILES string of the molecule is C=CCNC(=O)c1coc(COc2ccc3c(c2)[C@H](c2ccc(F)cc2)N(C(=O)CC(C)C)CC3)n1. The standard InChI is InChI=1S/C28H30FN3O4/c1-4-12-30-28(34)24-16-36-25(31-24)17-35-22-10-7-19-11-13-32(26(33)14-18(2)3)27(23(19)15-22)20-5-8-21(29)9-6-20/h4-10,15-16,18,27H,1,11-14,17H2,2-3H3,(H,30,34)/t27-/m0/s1. The minimum Gasteiger partial charge on any atom is -0.484 e. The van der Waals surface area contributed by atoms with Crippen molar-refractivity contribution in [1.29, 1.82) is 0 Å². The fraction of sp³-hybridized carbons (Fsp3) is 0.321. The summed E-state index contributed by atoms with van der Waals surface area (Å²) in [6, 6.07) is 11.7. The molecule has 0 spiro atoms. The minimum absolute atomic E-state index is 0.0325. The highest BCUT2D eigenvalue weighted by atomic mass is 19.1. The molecule has 0 saturated carbocycles. The van der Waals surface area contributed by atoms with Crippen LogP contribution in [-0.4, -0.2) is 34.8 Å². The molecule has 188 valence electrons. The molecule has 1 aliphatic rings. The van der Waals surface area contributed by atoms with E-state index in [9.17, 15) is 14.0 Å². The molecule has 2 heterocycles. The molecule has 0 saturated heterocycles. The summed E-state index contributed by atoms with van der Waals surface area (Å²) in [4.78, 5) is 31.2. The van der Waals surface area contributed by atoms with Crippen molar-refractivity contribution in [3.63, 3.8) is 0 Å². The lowest BCUT2D eigenvalue weighted by atomic mass is 9.87. The first-order chi connectivity index (χ1) is 17.4. The normalized spacial score (nSPS) is 14.9. The van der Waals surface area contributed by atoms with Gasteiger partial charge in [-0.05, 0) is 53.3 Å². The topological polar surface area (TPSA) is 84.7 Å². The Bertz CT molecular complexity index is 1240. The number of oxazole rings is 1. The lowest BCUT2D eigenvalue weighted by Gasteiger charge is -2.38. The quantitative estimate of drug-likeness (QED) is 0.434. The Morgan fingerprint density at radius 2 is 2.06 bits per heavy atom. The van der Waals surface area contributed by atoms with E-state index in [0.717, 1.165) is 23.1 Å². The number of amides is 2. The van der Waals surface area contributed by atoms with Gasteiger partial charge in [0.05, 0.1) is 6.04 Å². The highest BCUT2D eigenvalue weighted by Gasteiger charge is 2.32. The molecular formula is C28H30FN3O4. The van der Waals surface area contributed by atoms with Gasteiger partial charge in [-0.3, -0.25) is 9.59 Å². The number of carbonyl (C=O) groups excluding carboxylic acids is 2. The Morgan fingerprint density at radius 3 is 2.78 bits per heavy atom. The van der Waals surface area contributed by atoms with Gasteiger partial charge < -0.3 is 19.4 Å². The van der Waals surface area contributed by atoms with Crippen LogP contribution in [0.4, 0.5) is 4.39 Å². The average molecular weight is 492 g/mol. The number of carbonyl (C=O) groups is 2. The third kappa shape index (κ3) is 5.82. The van der Waals surface area contributed by atoms with E-state index in [-0.39, 0.29) is 47.8 Å². The summed E-state index contributed by atoms with van der Waals surface area (Å²) in [7, 11) is 0. The molecule has 0 bridgehead atoms. The van der Waals surface area contributed by atoms with E-state index in [1.54, 1.807) is 18.2 Å². The first kappa shape index (κ1) is 25.2. The van der Waals surface area contributed by atoms with Crippen LogP contribution in [0.15, 0.2) is 65.8 Å². The summed E-state index contributed by atoms with van der Waals surface area (Å²) in [5, 5.41) is 2.64. The predicted molar refractivity (Wildman–Crippen MR) is 133 cm³/mol. The van der Waals surface area contributed by atoms with E-state index in [0.29, 0.717) is 25.3 Å². The maximum absolute atomic E-state index is 13.7. The van der Waals surface area contributed by atoms with E-state index in [4.69, 9.17) is 9.15 Å². The largest absolute Gasteiger partial charge is 0.484 e. The van der Waals surface area contributed by atoms with Gasteiger partial charge in [-0.15, -0.1) is 6.58 Å². The monoisotopic (exact) mass is 491 g/mol. The molecular weight excluding hydrogens is 461 g/mol. The zero-order valence-electron chi connectivity index (χ0n) is 20.5. The highest BCUT2D eigenvalue weighted by molar-refractivity contribution is 5.91.